The van der Waals surface area contributed by atoms with Crippen molar-refractivity contribution in [1.82, 2.24) is 0 Å². The number of nitrogens with zero attached hydrogens (tertiary/aromatic N) is 3. The molecule has 1 aliphatic rings. The summed E-state index contributed by atoms with van der Waals surface area (Å²) in [5.41, 5.74) is 12.2. The second-order valence-corrected chi connectivity index (χ2v) is 5.51. The molecule has 2 aromatic carbocycles. The van der Waals surface area contributed by atoms with Gasteiger partial charge in [0.05, 0.1) is 6.04 Å². The van der Waals surface area contributed by atoms with Crippen LogP contribution >= 0.6 is 0 Å². The first-order chi connectivity index (χ1) is 11.2. The van der Waals surface area contributed by atoms with Crippen LogP contribution in [0.4, 0.5) is 4.39 Å². The minimum absolute atomic E-state index is 0.269. The molecule has 4 nitrogen and oxygen atoms in total. The van der Waals surface area contributed by atoms with Gasteiger partial charge in [-0.15, -0.1) is 0 Å². The van der Waals surface area contributed by atoms with Crippen molar-refractivity contribution in [3.05, 3.63) is 93.1 Å². The van der Waals surface area contributed by atoms with E-state index in [1.807, 2.05) is 30.3 Å². The van der Waals surface area contributed by atoms with Crippen molar-refractivity contribution in [2.24, 2.45) is 5.11 Å². The zero-order chi connectivity index (χ0) is 16.4. The van der Waals surface area contributed by atoms with Crippen LogP contribution in [-0.2, 0) is 11.2 Å². The molecule has 0 saturated carbocycles. The second-order valence-electron chi connectivity index (χ2n) is 5.51. The molecule has 0 N–H and O–H groups in total. The van der Waals surface area contributed by atoms with Crippen LogP contribution in [0.3, 0.4) is 0 Å². The Morgan fingerprint density at radius 1 is 1.26 bits per heavy atom. The van der Waals surface area contributed by atoms with Crippen molar-refractivity contribution >= 4 is 6.29 Å². The zero-order valence-corrected chi connectivity index (χ0v) is 12.3. The number of carbonyl (C=O) groups excluding carboxylic acids is 1. The molecule has 0 bridgehead atoms. The van der Waals surface area contributed by atoms with Crippen molar-refractivity contribution in [2.45, 2.75) is 18.4 Å². The third kappa shape index (κ3) is 2.51. The first-order valence-corrected chi connectivity index (χ1v) is 7.20. The Morgan fingerprint density at radius 3 is 2.74 bits per heavy atom. The summed E-state index contributed by atoms with van der Waals surface area (Å²) in [6.07, 6.45) is 1.16. The van der Waals surface area contributed by atoms with E-state index in [1.165, 1.54) is 6.07 Å². The van der Waals surface area contributed by atoms with Crippen molar-refractivity contribution in [3.8, 4) is 0 Å². The summed E-state index contributed by atoms with van der Waals surface area (Å²) in [6.45, 7) is 3.80. The van der Waals surface area contributed by atoms with Crippen LogP contribution in [0, 0.1) is 5.82 Å². The van der Waals surface area contributed by atoms with Crippen molar-refractivity contribution in [1.29, 1.82) is 0 Å². The van der Waals surface area contributed by atoms with Crippen molar-refractivity contribution in [2.75, 3.05) is 0 Å². The first-order valence-electron chi connectivity index (χ1n) is 7.20. The number of rotatable bonds is 3. The predicted molar refractivity (Wildman–Crippen MR) is 85.5 cm³/mol. The fraction of sp³-hybridized carbons (Fsp3) is 0.167. The summed E-state index contributed by atoms with van der Waals surface area (Å²) in [6, 6.07) is 11.5. The summed E-state index contributed by atoms with van der Waals surface area (Å²) in [5.74, 6) is -1.01. The van der Waals surface area contributed by atoms with Crippen molar-refractivity contribution < 1.29 is 9.18 Å². The van der Waals surface area contributed by atoms with Gasteiger partial charge >= 0.3 is 0 Å². The third-order valence-corrected chi connectivity index (χ3v) is 4.25. The Balaban J connectivity index is 2.35. The molecular weight excluding hydrogens is 293 g/mol. The minimum atomic E-state index is -0.836. The number of fused-ring (bicyclic) bond motifs is 2. The SMILES string of the molecule is C=C(C=O)[C@@H]1c2ccccc2Cc2cccc(F)c2[C@H]1N=[N+]=[N-]. The lowest BCUT2D eigenvalue weighted by Crippen LogP contribution is -2.13. The number of hydrogen-bond acceptors (Lipinski definition) is 2. The van der Waals surface area contributed by atoms with Gasteiger partial charge in [-0.2, -0.15) is 0 Å². The van der Waals surface area contributed by atoms with Gasteiger partial charge in [0.2, 0.25) is 0 Å². The van der Waals surface area contributed by atoms with Gasteiger partial charge in [-0.1, -0.05) is 48.1 Å². The lowest BCUT2D eigenvalue weighted by molar-refractivity contribution is -0.105. The number of carbonyl (C=O) groups is 1. The highest BCUT2D eigenvalue weighted by Gasteiger charge is 2.34. The standard InChI is InChI=1S/C18H14FN3O/c1-11(10-23)16-14-7-3-2-5-12(14)9-13-6-4-8-15(19)17(13)18(16)21-22-20/h2-8,10,16,18H,1,9H2/t16-,18+/m1/s1. The molecule has 2 atom stereocenters. The number of azide groups is 1. The van der Waals surface area contributed by atoms with Crippen LogP contribution in [0.1, 0.15) is 34.2 Å². The van der Waals surface area contributed by atoms with E-state index in [0.717, 1.165) is 16.7 Å². The molecule has 0 spiro atoms. The van der Waals surface area contributed by atoms with Crippen LogP contribution in [0.2, 0.25) is 0 Å². The minimum Gasteiger partial charge on any atom is -0.298 e. The number of halogens is 1. The maximum Gasteiger partial charge on any atom is 0.146 e. The van der Waals surface area contributed by atoms with Crippen LogP contribution in [-0.4, -0.2) is 6.29 Å². The fourth-order valence-electron chi connectivity index (χ4n) is 3.26. The van der Waals surface area contributed by atoms with E-state index in [-0.39, 0.29) is 5.57 Å². The quantitative estimate of drug-likeness (QED) is 0.268. The second kappa shape index (κ2) is 6.07. The van der Waals surface area contributed by atoms with Crippen LogP contribution in [0.5, 0.6) is 0 Å². The van der Waals surface area contributed by atoms with E-state index in [2.05, 4.69) is 16.6 Å². The molecular formula is C18H14FN3O. The molecule has 1 aliphatic carbocycles. The van der Waals surface area contributed by atoms with E-state index >= 15 is 0 Å². The number of aldehydes is 1. The lowest BCUT2D eigenvalue weighted by atomic mass is 9.82. The van der Waals surface area contributed by atoms with Gasteiger partial charge in [0.15, 0.2) is 0 Å². The predicted octanol–water partition coefficient (Wildman–Crippen LogP) is 4.62. The van der Waals surface area contributed by atoms with Crippen LogP contribution in [0.25, 0.3) is 10.4 Å². The molecule has 5 heteroatoms. The average Bonchev–Trinajstić information content (AvgIpc) is 2.69. The molecule has 0 aliphatic heterocycles. The van der Waals surface area contributed by atoms with E-state index in [0.29, 0.717) is 18.3 Å². The van der Waals surface area contributed by atoms with Gasteiger partial charge in [-0.05, 0) is 40.3 Å². The maximum atomic E-state index is 14.5. The number of hydrogen-bond donors (Lipinski definition) is 0. The Morgan fingerprint density at radius 2 is 2.00 bits per heavy atom. The van der Waals surface area contributed by atoms with E-state index in [4.69, 9.17) is 5.53 Å². The highest BCUT2D eigenvalue weighted by molar-refractivity contribution is 5.76. The summed E-state index contributed by atoms with van der Waals surface area (Å²) >= 11 is 0. The molecule has 3 rings (SSSR count). The molecule has 0 fully saturated rings. The smallest absolute Gasteiger partial charge is 0.146 e. The molecule has 0 radical (unpaired) electrons. The monoisotopic (exact) mass is 307 g/mol. The third-order valence-electron chi connectivity index (χ3n) is 4.25. The van der Waals surface area contributed by atoms with Crippen molar-refractivity contribution in [3.63, 3.8) is 0 Å². The molecule has 0 amide bonds. The average molecular weight is 307 g/mol. The lowest BCUT2D eigenvalue weighted by Gasteiger charge is -2.24. The Bertz CT molecular complexity index is 840. The first kappa shape index (κ1) is 15.0. The van der Waals surface area contributed by atoms with Gasteiger partial charge in [-0.25, -0.2) is 4.39 Å². The van der Waals surface area contributed by atoms with Crippen LogP contribution in [0.15, 0.2) is 59.7 Å². The molecule has 23 heavy (non-hydrogen) atoms. The normalized spacial score (nSPS) is 18.8. The van der Waals surface area contributed by atoms with E-state index < -0.39 is 17.8 Å². The van der Waals surface area contributed by atoms with Gasteiger partial charge in [0.25, 0.3) is 0 Å². The highest BCUT2D eigenvalue weighted by atomic mass is 19.1. The van der Waals surface area contributed by atoms with E-state index in [9.17, 15) is 9.18 Å². The van der Waals surface area contributed by atoms with Gasteiger partial charge in [-0.3, -0.25) is 4.79 Å². The summed E-state index contributed by atoms with van der Waals surface area (Å²) in [5, 5.41) is 3.82. The van der Waals surface area contributed by atoms with Gasteiger partial charge in [0, 0.05) is 16.4 Å². The largest absolute Gasteiger partial charge is 0.298 e. The molecule has 0 saturated heterocycles. The molecule has 0 heterocycles. The molecule has 0 unspecified atom stereocenters. The van der Waals surface area contributed by atoms with Crippen LogP contribution < -0.4 is 0 Å². The summed E-state index contributed by atoms with van der Waals surface area (Å²) in [7, 11) is 0. The van der Waals surface area contributed by atoms with Gasteiger partial charge < -0.3 is 0 Å². The zero-order valence-electron chi connectivity index (χ0n) is 12.3. The Kier molecular flexibility index (Phi) is 3.96. The summed E-state index contributed by atoms with van der Waals surface area (Å²) in [4.78, 5) is 14.2. The highest BCUT2D eigenvalue weighted by Crippen LogP contribution is 2.45. The Hall–Kier alpha value is -2.91. The molecule has 2 aromatic rings. The summed E-state index contributed by atoms with van der Waals surface area (Å²) < 4.78 is 14.5. The maximum absolute atomic E-state index is 14.5. The molecule has 0 aromatic heterocycles. The Labute approximate surface area is 132 Å². The fourth-order valence-corrected chi connectivity index (χ4v) is 3.26. The number of benzene rings is 2. The molecule has 114 valence electrons. The van der Waals surface area contributed by atoms with E-state index in [1.54, 1.807) is 6.07 Å². The topological polar surface area (TPSA) is 65.8 Å². The van der Waals surface area contributed by atoms with Gasteiger partial charge in [0.1, 0.15) is 12.1 Å².